The molecule has 5 aromatic rings. The number of carbonyl (C=O) groups is 2. The maximum Gasteiger partial charge on any atom is 0.302 e. The molecule has 0 radical (unpaired) electrons. The topological polar surface area (TPSA) is 165 Å². The van der Waals surface area contributed by atoms with E-state index in [-0.39, 0.29) is 35.2 Å². The molecule has 3 aromatic heterocycles. The average molecular weight is 511 g/mol. The lowest BCUT2D eigenvalue weighted by Gasteiger charge is -2.14. The number of benzene rings is 2. The molecule has 0 spiro atoms. The maximum atomic E-state index is 13.3. The zero-order chi connectivity index (χ0) is 26.4. The molecule has 1 aliphatic rings. The first-order valence-corrected chi connectivity index (χ1v) is 11.8. The molecule has 4 N–H and O–H groups in total. The first kappa shape index (κ1) is 23.2. The number of likely N-dealkylation sites (tertiary alicyclic amines) is 1. The second kappa shape index (κ2) is 9.00. The lowest BCUT2D eigenvalue weighted by Crippen LogP contribution is -2.27. The van der Waals surface area contributed by atoms with E-state index in [1.807, 2.05) is 12.1 Å². The first-order valence-electron chi connectivity index (χ1n) is 11.8. The van der Waals surface area contributed by atoms with Gasteiger partial charge in [-0.2, -0.15) is 10.1 Å². The first-order chi connectivity index (χ1) is 18.4. The number of anilines is 2. The molecule has 0 aliphatic carbocycles. The second-order valence-electron chi connectivity index (χ2n) is 8.88. The molecule has 6 rings (SSSR count). The van der Waals surface area contributed by atoms with Crippen LogP contribution in [0.15, 0.2) is 65.9 Å². The molecule has 1 atom stereocenters. The highest BCUT2D eigenvalue weighted by molar-refractivity contribution is 6.12. The fourth-order valence-electron chi connectivity index (χ4n) is 4.65. The minimum Gasteiger partial charge on any atom is -0.508 e. The number of oxazole rings is 1. The van der Waals surface area contributed by atoms with Crippen LogP contribution in [0.3, 0.4) is 0 Å². The number of aromatic hydroxyl groups is 1. The summed E-state index contributed by atoms with van der Waals surface area (Å²) in [4.78, 5) is 39.8. The molecule has 0 bridgehead atoms. The Morgan fingerprint density at radius 1 is 1.16 bits per heavy atom. The summed E-state index contributed by atoms with van der Waals surface area (Å²) in [5.41, 5.74) is 9.35. The van der Waals surface area contributed by atoms with Crippen molar-refractivity contribution >= 4 is 45.8 Å². The Morgan fingerprint density at radius 2 is 1.95 bits per heavy atom. The number of carbonyl (C=O) groups excluding carboxylic acids is 2. The lowest BCUT2D eigenvalue weighted by molar-refractivity contribution is -0.125. The average Bonchev–Trinajstić information content (AvgIpc) is 3.65. The van der Waals surface area contributed by atoms with Crippen LogP contribution in [-0.2, 0) is 4.79 Å². The van der Waals surface area contributed by atoms with Gasteiger partial charge < -0.3 is 20.2 Å². The molecule has 12 nitrogen and oxygen atoms in total. The van der Waals surface area contributed by atoms with Gasteiger partial charge in [0.25, 0.3) is 5.91 Å². The van der Waals surface area contributed by atoms with Crippen molar-refractivity contribution < 1.29 is 19.1 Å². The number of fused-ring (bicyclic) bond motifs is 2. The minimum absolute atomic E-state index is 0.00500. The van der Waals surface area contributed by atoms with Gasteiger partial charge in [-0.15, -0.1) is 0 Å². The van der Waals surface area contributed by atoms with Crippen LogP contribution < -0.4 is 11.1 Å². The van der Waals surface area contributed by atoms with Crippen molar-refractivity contribution in [2.24, 2.45) is 0 Å². The third-order valence-electron chi connectivity index (χ3n) is 6.54. The number of hydrogen-bond acceptors (Lipinski definition) is 9. The van der Waals surface area contributed by atoms with Gasteiger partial charge >= 0.3 is 6.01 Å². The Labute approximate surface area is 215 Å². The summed E-state index contributed by atoms with van der Waals surface area (Å²) in [6, 6.07) is 12.0. The van der Waals surface area contributed by atoms with E-state index in [1.54, 1.807) is 39.9 Å². The third-order valence-corrected chi connectivity index (χ3v) is 6.54. The highest BCUT2D eigenvalue weighted by Crippen LogP contribution is 2.30. The molecule has 190 valence electrons. The van der Waals surface area contributed by atoms with Crippen molar-refractivity contribution in [2.75, 3.05) is 24.1 Å². The summed E-state index contributed by atoms with van der Waals surface area (Å²) in [7, 11) is 0. The quantitative estimate of drug-likeness (QED) is 0.301. The standard InChI is InChI=1S/C26H22N8O4/c1-2-20(36)33-10-9-16(12-33)34-24-21(23(27)28-13-29-24)22(32-34)25(37)31-26-30-18-11-15(5-8-19(18)38-26)14-3-6-17(35)7-4-14/h2-8,11,13,16,35H,1,9-10,12H2,(H2,27,28,29)(H,30,31,37)/t16-/m1/s1. The number of nitrogens with zero attached hydrogens (tertiary/aromatic N) is 6. The van der Waals surface area contributed by atoms with E-state index in [9.17, 15) is 14.7 Å². The Bertz CT molecular complexity index is 1720. The summed E-state index contributed by atoms with van der Waals surface area (Å²) in [6.07, 6.45) is 3.22. The van der Waals surface area contributed by atoms with Gasteiger partial charge in [0, 0.05) is 13.1 Å². The number of phenolic OH excluding ortho intramolecular Hbond substituents is 1. The monoisotopic (exact) mass is 510 g/mol. The van der Waals surface area contributed by atoms with E-state index < -0.39 is 5.91 Å². The molecule has 0 unspecified atom stereocenters. The predicted molar refractivity (Wildman–Crippen MR) is 139 cm³/mol. The van der Waals surface area contributed by atoms with Gasteiger partial charge in [-0.3, -0.25) is 14.9 Å². The van der Waals surface area contributed by atoms with Gasteiger partial charge in [-0.05, 0) is 47.9 Å². The molecule has 2 aromatic carbocycles. The molecule has 38 heavy (non-hydrogen) atoms. The van der Waals surface area contributed by atoms with Crippen molar-refractivity contribution in [3.8, 4) is 16.9 Å². The fraction of sp³-hybridized carbons (Fsp3) is 0.154. The second-order valence-corrected chi connectivity index (χ2v) is 8.88. The molecular weight excluding hydrogens is 488 g/mol. The molecule has 2 amide bonds. The summed E-state index contributed by atoms with van der Waals surface area (Å²) in [5, 5.41) is 17.0. The number of nitrogen functional groups attached to an aromatic ring is 1. The minimum atomic E-state index is -0.586. The Hall–Kier alpha value is -5.26. The predicted octanol–water partition coefficient (Wildman–Crippen LogP) is 3.13. The summed E-state index contributed by atoms with van der Waals surface area (Å²) in [6.45, 7) is 4.48. The van der Waals surface area contributed by atoms with Crippen LogP contribution in [0.5, 0.6) is 5.75 Å². The van der Waals surface area contributed by atoms with E-state index in [0.29, 0.717) is 41.6 Å². The number of rotatable bonds is 5. The van der Waals surface area contributed by atoms with E-state index in [1.165, 1.54) is 12.4 Å². The van der Waals surface area contributed by atoms with Crippen molar-refractivity contribution in [1.82, 2.24) is 29.6 Å². The number of aromatic nitrogens is 5. The summed E-state index contributed by atoms with van der Waals surface area (Å²) in [5.74, 6) is -0.463. The highest BCUT2D eigenvalue weighted by atomic mass is 16.4. The van der Waals surface area contributed by atoms with Crippen LogP contribution >= 0.6 is 0 Å². The smallest absolute Gasteiger partial charge is 0.302 e. The van der Waals surface area contributed by atoms with Crippen molar-refractivity contribution in [3.63, 3.8) is 0 Å². The number of nitrogens with two attached hydrogens (primary N) is 1. The highest BCUT2D eigenvalue weighted by Gasteiger charge is 2.31. The van der Waals surface area contributed by atoms with Crippen LogP contribution in [0.25, 0.3) is 33.3 Å². The van der Waals surface area contributed by atoms with Crippen molar-refractivity contribution in [3.05, 3.63) is 67.1 Å². The van der Waals surface area contributed by atoms with Gasteiger partial charge in [0.2, 0.25) is 5.91 Å². The molecule has 4 heterocycles. The van der Waals surface area contributed by atoms with E-state index in [4.69, 9.17) is 10.2 Å². The SMILES string of the molecule is C=CC(=O)N1CC[C@@H](n2nc(C(=O)Nc3nc4cc(-c5ccc(O)cc5)ccc4o3)c3c(N)ncnc32)C1. The fourth-order valence-corrected chi connectivity index (χ4v) is 4.65. The molecule has 1 fully saturated rings. The zero-order valence-electron chi connectivity index (χ0n) is 20.0. The van der Waals surface area contributed by atoms with Gasteiger partial charge in [0.05, 0.1) is 11.4 Å². The van der Waals surface area contributed by atoms with Gasteiger partial charge in [0.1, 0.15) is 23.4 Å². The van der Waals surface area contributed by atoms with Crippen LogP contribution in [0, 0.1) is 0 Å². The van der Waals surface area contributed by atoms with Gasteiger partial charge in [-0.25, -0.2) is 14.6 Å². The number of hydrogen-bond donors (Lipinski definition) is 3. The Morgan fingerprint density at radius 3 is 2.74 bits per heavy atom. The largest absolute Gasteiger partial charge is 0.508 e. The number of nitrogens with one attached hydrogen (secondary N) is 1. The van der Waals surface area contributed by atoms with Crippen molar-refractivity contribution in [2.45, 2.75) is 12.5 Å². The number of amides is 2. The van der Waals surface area contributed by atoms with Crippen molar-refractivity contribution in [1.29, 1.82) is 0 Å². The van der Waals surface area contributed by atoms with Gasteiger partial charge in [-0.1, -0.05) is 24.8 Å². The molecule has 1 aliphatic heterocycles. The van der Waals surface area contributed by atoms with Crippen LogP contribution in [0.1, 0.15) is 23.0 Å². The Kier molecular flexibility index (Phi) is 5.48. The normalized spacial score (nSPS) is 15.3. The van der Waals surface area contributed by atoms with Crippen LogP contribution in [-0.4, -0.2) is 59.6 Å². The van der Waals surface area contributed by atoms with E-state index >= 15 is 0 Å². The van der Waals surface area contributed by atoms with Gasteiger partial charge in [0.15, 0.2) is 16.9 Å². The van der Waals surface area contributed by atoms with Crippen LogP contribution in [0.4, 0.5) is 11.8 Å². The molecule has 12 heteroatoms. The van der Waals surface area contributed by atoms with E-state index in [0.717, 1.165) is 11.1 Å². The summed E-state index contributed by atoms with van der Waals surface area (Å²) < 4.78 is 7.36. The molecule has 0 saturated carbocycles. The van der Waals surface area contributed by atoms with Crippen LogP contribution in [0.2, 0.25) is 0 Å². The maximum absolute atomic E-state index is 13.3. The Balaban J connectivity index is 1.30. The molecule has 1 saturated heterocycles. The lowest BCUT2D eigenvalue weighted by atomic mass is 10.1. The summed E-state index contributed by atoms with van der Waals surface area (Å²) >= 11 is 0. The third kappa shape index (κ3) is 3.97. The zero-order valence-corrected chi connectivity index (χ0v) is 20.0. The molecular formula is C26H22N8O4. The number of phenols is 1. The van der Waals surface area contributed by atoms with E-state index in [2.05, 4.69) is 31.9 Å².